The molecule has 0 aliphatic rings. The number of nitrogens with zero attached hydrogens (tertiary/aromatic N) is 1. The summed E-state index contributed by atoms with van der Waals surface area (Å²) < 4.78 is 2.02. The molecule has 1 heterocycles. The number of rotatable bonds is 2. The van der Waals surface area contributed by atoms with Gasteiger partial charge in [0.2, 0.25) is 0 Å². The Kier molecular flexibility index (Phi) is 4.86. The predicted octanol–water partition coefficient (Wildman–Crippen LogP) is 3.34. The van der Waals surface area contributed by atoms with Crippen LogP contribution >= 0.6 is 0 Å². The van der Waals surface area contributed by atoms with Crippen LogP contribution in [-0.2, 0) is 7.05 Å². The molecule has 0 saturated heterocycles. The van der Waals surface area contributed by atoms with Crippen molar-refractivity contribution >= 4 is 12.2 Å². The Labute approximate surface area is 75.0 Å². The zero-order valence-corrected chi connectivity index (χ0v) is 8.17. The summed E-state index contributed by atoms with van der Waals surface area (Å²) in [6.45, 7) is 11.4. The minimum Gasteiger partial charge on any atom is -0.351 e. The van der Waals surface area contributed by atoms with Gasteiger partial charge in [-0.2, -0.15) is 0 Å². The van der Waals surface area contributed by atoms with Gasteiger partial charge in [-0.3, -0.25) is 0 Å². The Hall–Kier alpha value is -1.24. The molecule has 0 saturated carbocycles. The molecule has 1 rings (SSSR count). The lowest BCUT2D eigenvalue weighted by Gasteiger charge is -1.96. The van der Waals surface area contributed by atoms with Gasteiger partial charge in [0.05, 0.1) is 0 Å². The van der Waals surface area contributed by atoms with Gasteiger partial charge in [0.25, 0.3) is 0 Å². The second kappa shape index (κ2) is 5.42. The van der Waals surface area contributed by atoms with E-state index >= 15 is 0 Å². The minimum atomic E-state index is 1.12. The summed E-state index contributed by atoms with van der Waals surface area (Å²) in [5, 5.41) is 0. The van der Waals surface area contributed by atoms with Gasteiger partial charge in [-0.25, -0.2) is 0 Å². The summed E-state index contributed by atoms with van der Waals surface area (Å²) in [4.78, 5) is 0. The lowest BCUT2D eigenvalue weighted by molar-refractivity contribution is 0.914. The van der Waals surface area contributed by atoms with Crippen molar-refractivity contribution in [3.8, 4) is 0 Å². The molecule has 1 aromatic rings. The van der Waals surface area contributed by atoms with E-state index in [-0.39, 0.29) is 0 Å². The molecular weight excluding hydrogens is 146 g/mol. The molecule has 0 atom stereocenters. The van der Waals surface area contributed by atoms with Crippen molar-refractivity contribution in [2.24, 2.45) is 7.05 Å². The van der Waals surface area contributed by atoms with E-state index in [4.69, 9.17) is 0 Å². The first-order valence-electron chi connectivity index (χ1n) is 4.19. The van der Waals surface area contributed by atoms with Gasteiger partial charge >= 0.3 is 0 Å². The highest BCUT2D eigenvalue weighted by atomic mass is 14.9. The fraction of sp³-hybridized carbons (Fsp3) is 0.273. The molecule has 0 aliphatic carbocycles. The van der Waals surface area contributed by atoms with Gasteiger partial charge in [0.1, 0.15) is 0 Å². The Balaban J connectivity index is 0.000000561. The van der Waals surface area contributed by atoms with E-state index in [1.54, 1.807) is 0 Å². The Morgan fingerprint density at radius 3 is 2.17 bits per heavy atom. The van der Waals surface area contributed by atoms with E-state index < -0.39 is 0 Å². The van der Waals surface area contributed by atoms with Crippen LogP contribution in [0.25, 0.3) is 12.2 Å². The van der Waals surface area contributed by atoms with Crippen LogP contribution in [-0.4, -0.2) is 4.57 Å². The molecule has 0 aromatic carbocycles. The highest BCUT2D eigenvalue weighted by Crippen LogP contribution is 2.11. The Morgan fingerprint density at radius 1 is 1.25 bits per heavy atom. The SMILES string of the molecule is C=Cc1ccn(C)c1C=C.CC. The van der Waals surface area contributed by atoms with Crippen molar-refractivity contribution < 1.29 is 0 Å². The Morgan fingerprint density at radius 2 is 1.83 bits per heavy atom. The topological polar surface area (TPSA) is 4.93 Å². The molecule has 0 radical (unpaired) electrons. The van der Waals surface area contributed by atoms with Crippen LogP contribution in [0, 0.1) is 0 Å². The van der Waals surface area contributed by atoms with Gasteiger partial charge in [-0.1, -0.05) is 33.1 Å². The fourth-order valence-corrected chi connectivity index (χ4v) is 0.996. The molecule has 1 nitrogen and oxygen atoms in total. The molecule has 0 fully saturated rings. The van der Waals surface area contributed by atoms with Crippen LogP contribution in [0.2, 0.25) is 0 Å². The first-order chi connectivity index (χ1) is 5.79. The van der Waals surface area contributed by atoms with Crippen molar-refractivity contribution in [1.29, 1.82) is 0 Å². The van der Waals surface area contributed by atoms with Gasteiger partial charge in [0, 0.05) is 18.9 Å². The van der Waals surface area contributed by atoms with E-state index in [0.29, 0.717) is 0 Å². The largest absolute Gasteiger partial charge is 0.351 e. The van der Waals surface area contributed by atoms with Gasteiger partial charge < -0.3 is 4.57 Å². The molecule has 1 heteroatoms. The van der Waals surface area contributed by atoms with Crippen LogP contribution in [0.15, 0.2) is 25.4 Å². The summed E-state index contributed by atoms with van der Waals surface area (Å²) in [5.74, 6) is 0. The van der Waals surface area contributed by atoms with E-state index in [0.717, 1.165) is 11.3 Å². The maximum atomic E-state index is 3.70. The second-order valence-corrected chi connectivity index (χ2v) is 2.18. The van der Waals surface area contributed by atoms with E-state index in [1.165, 1.54) is 0 Å². The summed E-state index contributed by atoms with van der Waals surface area (Å²) in [6, 6.07) is 2.02. The van der Waals surface area contributed by atoms with E-state index in [2.05, 4.69) is 13.2 Å². The molecule has 0 unspecified atom stereocenters. The number of aromatic nitrogens is 1. The third-order valence-corrected chi connectivity index (χ3v) is 1.57. The van der Waals surface area contributed by atoms with Crippen LogP contribution in [0.3, 0.4) is 0 Å². The van der Waals surface area contributed by atoms with Crippen LogP contribution < -0.4 is 0 Å². The van der Waals surface area contributed by atoms with Gasteiger partial charge in [0.15, 0.2) is 0 Å². The standard InChI is InChI=1S/C9H11N.C2H6/c1-4-8-6-7-10(3)9(8)5-2;1-2/h4-7H,1-2H2,3H3;1-2H3. The third-order valence-electron chi connectivity index (χ3n) is 1.57. The first kappa shape index (κ1) is 10.8. The average molecular weight is 163 g/mol. The normalized spacial score (nSPS) is 8.25. The van der Waals surface area contributed by atoms with Crippen LogP contribution in [0.5, 0.6) is 0 Å². The monoisotopic (exact) mass is 163 g/mol. The molecule has 66 valence electrons. The molecular formula is C11H17N. The summed E-state index contributed by atoms with van der Waals surface area (Å²) in [6.07, 6.45) is 5.65. The molecule has 0 bridgehead atoms. The second-order valence-electron chi connectivity index (χ2n) is 2.18. The smallest absolute Gasteiger partial charge is 0.0471 e. The highest BCUT2D eigenvalue weighted by molar-refractivity contribution is 5.61. The van der Waals surface area contributed by atoms with Gasteiger partial charge in [-0.05, 0) is 17.7 Å². The van der Waals surface area contributed by atoms with Crippen molar-refractivity contribution in [3.63, 3.8) is 0 Å². The third kappa shape index (κ3) is 2.12. The zero-order chi connectivity index (χ0) is 9.56. The average Bonchev–Trinajstić information content (AvgIpc) is 2.49. The lowest BCUT2D eigenvalue weighted by Crippen LogP contribution is -1.87. The van der Waals surface area contributed by atoms with E-state index in [9.17, 15) is 0 Å². The number of hydrogen-bond acceptors (Lipinski definition) is 0. The van der Waals surface area contributed by atoms with Crippen molar-refractivity contribution in [2.45, 2.75) is 13.8 Å². The Bertz CT molecular complexity index is 256. The lowest BCUT2D eigenvalue weighted by atomic mass is 10.2. The van der Waals surface area contributed by atoms with Crippen LogP contribution in [0.4, 0.5) is 0 Å². The summed E-state index contributed by atoms with van der Waals surface area (Å²) in [5.41, 5.74) is 2.26. The molecule has 0 amide bonds. The predicted molar refractivity (Wildman–Crippen MR) is 56.9 cm³/mol. The van der Waals surface area contributed by atoms with Crippen molar-refractivity contribution in [1.82, 2.24) is 4.57 Å². The maximum absolute atomic E-state index is 3.70. The fourth-order valence-electron chi connectivity index (χ4n) is 0.996. The van der Waals surface area contributed by atoms with Gasteiger partial charge in [-0.15, -0.1) is 0 Å². The quantitative estimate of drug-likeness (QED) is 0.630. The zero-order valence-electron chi connectivity index (χ0n) is 8.17. The van der Waals surface area contributed by atoms with Crippen LogP contribution in [0.1, 0.15) is 25.1 Å². The highest BCUT2D eigenvalue weighted by Gasteiger charge is 1.96. The molecule has 0 spiro atoms. The molecule has 1 aromatic heterocycles. The molecule has 0 aliphatic heterocycles. The molecule has 0 N–H and O–H groups in total. The summed E-state index contributed by atoms with van der Waals surface area (Å²) in [7, 11) is 1.99. The molecule has 12 heavy (non-hydrogen) atoms. The first-order valence-corrected chi connectivity index (χ1v) is 4.19. The number of aryl methyl sites for hydroxylation is 1. The maximum Gasteiger partial charge on any atom is 0.0471 e. The minimum absolute atomic E-state index is 1.12. The summed E-state index contributed by atoms with van der Waals surface area (Å²) >= 11 is 0. The van der Waals surface area contributed by atoms with Crippen molar-refractivity contribution in [2.75, 3.05) is 0 Å². The van der Waals surface area contributed by atoms with Crippen molar-refractivity contribution in [3.05, 3.63) is 36.7 Å². The number of hydrogen-bond donors (Lipinski definition) is 0. The van der Waals surface area contributed by atoms with E-state index in [1.807, 2.05) is 49.9 Å².